The summed E-state index contributed by atoms with van der Waals surface area (Å²) in [6.45, 7) is 0. The third kappa shape index (κ3) is 0.975. The van der Waals surface area contributed by atoms with Gasteiger partial charge in [-0.1, -0.05) is 30.3 Å². The van der Waals surface area contributed by atoms with E-state index in [2.05, 4.69) is 0 Å². The van der Waals surface area contributed by atoms with Crippen molar-refractivity contribution in [2.75, 3.05) is 0 Å². The smallest absolute Gasteiger partial charge is 0.344 e. The van der Waals surface area contributed by atoms with E-state index in [1.807, 2.05) is 0 Å². The number of aliphatic hydroxyl groups is 1. The van der Waals surface area contributed by atoms with E-state index in [1.165, 1.54) is 6.08 Å². The number of benzene rings is 1. The van der Waals surface area contributed by atoms with Gasteiger partial charge in [0.2, 0.25) is 5.60 Å². The molecule has 0 aromatic heterocycles. The maximum atomic E-state index is 10.8. The van der Waals surface area contributed by atoms with E-state index in [4.69, 9.17) is 5.11 Å². The van der Waals surface area contributed by atoms with Gasteiger partial charge in [0.25, 0.3) is 0 Å². The van der Waals surface area contributed by atoms with Crippen LogP contribution in [0.3, 0.4) is 0 Å². The van der Waals surface area contributed by atoms with Crippen LogP contribution in [0.2, 0.25) is 0 Å². The quantitative estimate of drug-likeness (QED) is 0.670. The van der Waals surface area contributed by atoms with Crippen molar-refractivity contribution in [2.45, 2.75) is 5.60 Å². The van der Waals surface area contributed by atoms with Crippen molar-refractivity contribution in [3.8, 4) is 0 Å². The van der Waals surface area contributed by atoms with Gasteiger partial charge < -0.3 is 10.2 Å². The summed E-state index contributed by atoms with van der Waals surface area (Å²) in [5, 5.41) is 18.6. The summed E-state index contributed by atoms with van der Waals surface area (Å²) in [4.78, 5) is 10.8. The molecule has 0 spiro atoms. The molecule has 0 fully saturated rings. The highest BCUT2D eigenvalue weighted by molar-refractivity contribution is 5.87. The number of carboxylic acid groups (broad SMARTS) is 1. The van der Waals surface area contributed by atoms with Crippen molar-refractivity contribution in [3.63, 3.8) is 0 Å². The molecule has 3 heteroatoms. The van der Waals surface area contributed by atoms with E-state index < -0.39 is 11.6 Å². The molecule has 1 atom stereocenters. The topological polar surface area (TPSA) is 57.5 Å². The van der Waals surface area contributed by atoms with Crippen LogP contribution in [-0.4, -0.2) is 16.2 Å². The fraction of sp³-hybridized carbons (Fsp3) is 0.100. The molecular formula is C10H8O3. The molecule has 1 aromatic carbocycles. The first-order valence-electron chi connectivity index (χ1n) is 3.89. The van der Waals surface area contributed by atoms with Crippen LogP contribution in [0.15, 0.2) is 30.3 Å². The Labute approximate surface area is 74.9 Å². The molecule has 3 nitrogen and oxygen atoms in total. The van der Waals surface area contributed by atoms with Crippen LogP contribution < -0.4 is 0 Å². The summed E-state index contributed by atoms with van der Waals surface area (Å²) < 4.78 is 0. The summed E-state index contributed by atoms with van der Waals surface area (Å²) in [5.41, 5.74) is -0.647. The third-order valence-electron chi connectivity index (χ3n) is 2.20. The predicted octanol–water partition coefficient (Wildman–Crippen LogP) is 0.986. The predicted molar refractivity (Wildman–Crippen MR) is 47.0 cm³/mol. The average Bonchev–Trinajstić information content (AvgIpc) is 2.47. The lowest BCUT2D eigenvalue weighted by Crippen LogP contribution is -2.31. The van der Waals surface area contributed by atoms with E-state index in [0.29, 0.717) is 5.56 Å². The summed E-state index contributed by atoms with van der Waals surface area (Å²) >= 11 is 0. The molecule has 13 heavy (non-hydrogen) atoms. The number of carbonyl (C=O) groups is 1. The van der Waals surface area contributed by atoms with Gasteiger partial charge in [0.05, 0.1) is 0 Å². The van der Waals surface area contributed by atoms with Gasteiger partial charge >= 0.3 is 5.97 Å². The Morgan fingerprint density at radius 3 is 2.69 bits per heavy atom. The highest BCUT2D eigenvalue weighted by atomic mass is 16.4. The molecule has 0 radical (unpaired) electrons. The fourth-order valence-corrected chi connectivity index (χ4v) is 1.48. The van der Waals surface area contributed by atoms with E-state index in [9.17, 15) is 9.90 Å². The lowest BCUT2D eigenvalue weighted by Gasteiger charge is -2.16. The van der Waals surface area contributed by atoms with Crippen molar-refractivity contribution in [1.29, 1.82) is 0 Å². The Hall–Kier alpha value is -1.61. The molecule has 0 heterocycles. The Morgan fingerprint density at radius 1 is 1.31 bits per heavy atom. The first kappa shape index (κ1) is 8.01. The van der Waals surface area contributed by atoms with Crippen molar-refractivity contribution < 1.29 is 15.0 Å². The Balaban J connectivity index is 2.61. The number of carboxylic acids is 1. The number of hydrogen-bond acceptors (Lipinski definition) is 2. The normalized spacial score (nSPS) is 24.4. The molecule has 1 aromatic rings. The summed E-state index contributed by atoms with van der Waals surface area (Å²) in [5.74, 6) is -1.24. The average molecular weight is 176 g/mol. The van der Waals surface area contributed by atoms with Crippen molar-refractivity contribution >= 4 is 12.0 Å². The minimum Gasteiger partial charge on any atom is -0.479 e. The maximum Gasteiger partial charge on any atom is 0.344 e. The molecule has 1 unspecified atom stereocenters. The van der Waals surface area contributed by atoms with Crippen LogP contribution >= 0.6 is 0 Å². The molecule has 0 saturated carbocycles. The van der Waals surface area contributed by atoms with Gasteiger partial charge in [-0.25, -0.2) is 4.79 Å². The second-order valence-corrected chi connectivity index (χ2v) is 2.99. The zero-order valence-corrected chi connectivity index (χ0v) is 6.77. The number of aliphatic carboxylic acids is 1. The zero-order chi connectivity index (χ0) is 9.47. The molecule has 0 amide bonds. The Morgan fingerprint density at radius 2 is 2.00 bits per heavy atom. The van der Waals surface area contributed by atoms with Crippen LogP contribution in [0.4, 0.5) is 0 Å². The molecule has 2 rings (SSSR count). The SMILES string of the molecule is O=C(O)C1(O)C=Cc2ccccc21. The van der Waals surface area contributed by atoms with E-state index in [-0.39, 0.29) is 0 Å². The van der Waals surface area contributed by atoms with E-state index in [0.717, 1.165) is 5.56 Å². The second-order valence-electron chi connectivity index (χ2n) is 2.99. The lowest BCUT2D eigenvalue weighted by molar-refractivity contribution is -0.154. The van der Waals surface area contributed by atoms with Gasteiger partial charge in [-0.05, 0) is 11.6 Å². The number of rotatable bonds is 1. The van der Waals surface area contributed by atoms with Gasteiger partial charge in [-0.2, -0.15) is 0 Å². The standard InChI is InChI=1S/C10H8O3/c11-9(12)10(13)6-5-7-3-1-2-4-8(7)10/h1-6,13H,(H,11,12). The zero-order valence-electron chi connectivity index (χ0n) is 6.77. The third-order valence-corrected chi connectivity index (χ3v) is 2.20. The molecule has 0 bridgehead atoms. The molecule has 0 aliphatic heterocycles. The van der Waals surface area contributed by atoms with E-state index in [1.54, 1.807) is 30.3 Å². The minimum atomic E-state index is -1.84. The van der Waals surface area contributed by atoms with Gasteiger partial charge in [0.15, 0.2) is 0 Å². The van der Waals surface area contributed by atoms with Crippen LogP contribution in [0.5, 0.6) is 0 Å². The van der Waals surface area contributed by atoms with E-state index >= 15 is 0 Å². The van der Waals surface area contributed by atoms with Gasteiger partial charge in [0.1, 0.15) is 0 Å². The highest BCUT2D eigenvalue weighted by Crippen LogP contribution is 2.33. The Kier molecular flexibility index (Phi) is 1.50. The van der Waals surface area contributed by atoms with Crippen LogP contribution in [-0.2, 0) is 10.4 Å². The van der Waals surface area contributed by atoms with Gasteiger partial charge in [-0.3, -0.25) is 0 Å². The molecule has 1 aliphatic carbocycles. The largest absolute Gasteiger partial charge is 0.479 e. The van der Waals surface area contributed by atoms with Crippen molar-refractivity contribution in [3.05, 3.63) is 41.5 Å². The molecular weight excluding hydrogens is 168 g/mol. The van der Waals surface area contributed by atoms with Crippen molar-refractivity contribution in [2.24, 2.45) is 0 Å². The molecule has 66 valence electrons. The highest BCUT2D eigenvalue weighted by Gasteiger charge is 2.39. The van der Waals surface area contributed by atoms with Gasteiger partial charge in [0, 0.05) is 5.56 Å². The maximum absolute atomic E-state index is 10.8. The number of fused-ring (bicyclic) bond motifs is 1. The molecule has 0 saturated heterocycles. The van der Waals surface area contributed by atoms with Crippen LogP contribution in [0.1, 0.15) is 11.1 Å². The van der Waals surface area contributed by atoms with Crippen molar-refractivity contribution in [1.82, 2.24) is 0 Å². The summed E-state index contributed by atoms with van der Waals surface area (Å²) in [6, 6.07) is 6.90. The Bertz CT molecular complexity index is 395. The number of hydrogen-bond donors (Lipinski definition) is 2. The summed E-state index contributed by atoms with van der Waals surface area (Å²) in [6.07, 6.45) is 2.91. The minimum absolute atomic E-state index is 0.433. The monoisotopic (exact) mass is 176 g/mol. The first-order chi connectivity index (χ1) is 6.14. The summed E-state index contributed by atoms with van der Waals surface area (Å²) in [7, 11) is 0. The molecule has 1 aliphatic rings. The second kappa shape index (κ2) is 2.44. The first-order valence-corrected chi connectivity index (χ1v) is 3.89. The van der Waals surface area contributed by atoms with Crippen LogP contribution in [0, 0.1) is 0 Å². The fourth-order valence-electron chi connectivity index (χ4n) is 1.48. The van der Waals surface area contributed by atoms with Gasteiger partial charge in [-0.15, -0.1) is 0 Å². The molecule has 2 N–H and O–H groups in total. The van der Waals surface area contributed by atoms with Crippen LogP contribution in [0.25, 0.3) is 6.08 Å². The lowest BCUT2D eigenvalue weighted by atomic mass is 9.96.